The van der Waals surface area contributed by atoms with E-state index in [4.69, 9.17) is 4.74 Å². The van der Waals surface area contributed by atoms with Crippen molar-refractivity contribution >= 4 is 21.6 Å². The zero-order valence-electron chi connectivity index (χ0n) is 16.0. The summed E-state index contributed by atoms with van der Waals surface area (Å²) < 4.78 is 33.2. The fraction of sp³-hybridized carbons (Fsp3) is 0.136. The Morgan fingerprint density at radius 1 is 0.931 bits per heavy atom. The van der Waals surface area contributed by atoms with Gasteiger partial charge in [-0.2, -0.15) is 0 Å². The summed E-state index contributed by atoms with van der Waals surface area (Å²) >= 11 is 0. The Bertz CT molecular complexity index is 1070. The van der Waals surface area contributed by atoms with Crippen LogP contribution in [0.4, 0.5) is 5.69 Å². The van der Waals surface area contributed by atoms with E-state index in [2.05, 4.69) is 10.0 Å². The number of amides is 1. The lowest BCUT2D eigenvalue weighted by Crippen LogP contribution is -2.23. The van der Waals surface area contributed by atoms with Crippen molar-refractivity contribution in [1.82, 2.24) is 5.32 Å². The molecule has 3 rings (SSSR count). The number of carbonyl (C=O) groups excluding carboxylic acids is 1. The summed E-state index contributed by atoms with van der Waals surface area (Å²) in [6, 6.07) is 22.0. The van der Waals surface area contributed by atoms with E-state index in [9.17, 15) is 13.2 Å². The molecule has 1 amide bonds. The predicted molar refractivity (Wildman–Crippen MR) is 112 cm³/mol. The highest BCUT2D eigenvalue weighted by atomic mass is 32.2. The van der Waals surface area contributed by atoms with E-state index in [1.807, 2.05) is 37.3 Å². The molecule has 0 aliphatic carbocycles. The predicted octanol–water partition coefficient (Wildman–Crippen LogP) is 3.82. The first-order chi connectivity index (χ1) is 14.0. The molecule has 0 aromatic heterocycles. The third-order valence-corrected chi connectivity index (χ3v) is 5.50. The van der Waals surface area contributed by atoms with E-state index in [0.717, 1.165) is 5.56 Å². The van der Waals surface area contributed by atoms with Gasteiger partial charge in [0.05, 0.1) is 11.5 Å². The standard InChI is InChI=1S/C22H22N2O4S/c1-2-28-20-13-11-19(12-14-20)24-29(26,27)21-10-6-9-18(15-21)22(25)23-16-17-7-4-3-5-8-17/h3-15,24H,2,16H2,1H3,(H,23,25). The topological polar surface area (TPSA) is 84.5 Å². The molecular weight excluding hydrogens is 388 g/mol. The second-order valence-electron chi connectivity index (χ2n) is 6.26. The number of hydrogen-bond donors (Lipinski definition) is 2. The quantitative estimate of drug-likeness (QED) is 0.591. The van der Waals surface area contributed by atoms with Crippen molar-refractivity contribution in [2.24, 2.45) is 0 Å². The van der Waals surface area contributed by atoms with Crippen LogP contribution in [0.15, 0.2) is 83.8 Å². The molecule has 0 saturated carbocycles. The maximum Gasteiger partial charge on any atom is 0.261 e. The van der Waals surface area contributed by atoms with Crippen molar-refractivity contribution in [3.05, 3.63) is 90.0 Å². The second-order valence-corrected chi connectivity index (χ2v) is 7.94. The summed E-state index contributed by atoms with van der Waals surface area (Å²) in [5, 5.41) is 2.79. The Kier molecular flexibility index (Phi) is 6.51. The molecule has 7 heteroatoms. The highest BCUT2D eigenvalue weighted by molar-refractivity contribution is 7.92. The van der Waals surface area contributed by atoms with Gasteiger partial charge in [-0.05, 0) is 55.0 Å². The number of carbonyl (C=O) groups is 1. The third-order valence-electron chi connectivity index (χ3n) is 4.12. The van der Waals surface area contributed by atoms with Crippen LogP contribution in [0, 0.1) is 0 Å². The Morgan fingerprint density at radius 2 is 1.66 bits per heavy atom. The fourth-order valence-electron chi connectivity index (χ4n) is 2.68. The largest absolute Gasteiger partial charge is 0.494 e. The minimum atomic E-state index is -3.83. The van der Waals surface area contributed by atoms with Crippen molar-refractivity contribution in [2.75, 3.05) is 11.3 Å². The second kappa shape index (κ2) is 9.25. The van der Waals surface area contributed by atoms with Gasteiger partial charge in [0.15, 0.2) is 0 Å². The molecule has 29 heavy (non-hydrogen) atoms. The van der Waals surface area contributed by atoms with Crippen LogP contribution in [0.5, 0.6) is 5.75 Å². The smallest absolute Gasteiger partial charge is 0.261 e. The molecule has 3 aromatic carbocycles. The molecule has 2 N–H and O–H groups in total. The van der Waals surface area contributed by atoms with Gasteiger partial charge in [-0.3, -0.25) is 9.52 Å². The van der Waals surface area contributed by atoms with Crippen LogP contribution >= 0.6 is 0 Å². The number of nitrogens with one attached hydrogen (secondary N) is 2. The molecule has 0 aliphatic rings. The molecule has 0 bridgehead atoms. The first kappa shape index (κ1) is 20.4. The average Bonchev–Trinajstić information content (AvgIpc) is 2.74. The van der Waals surface area contributed by atoms with Gasteiger partial charge in [-0.1, -0.05) is 36.4 Å². The van der Waals surface area contributed by atoms with Crippen LogP contribution in [0.2, 0.25) is 0 Å². The lowest BCUT2D eigenvalue weighted by atomic mass is 10.2. The molecule has 0 fully saturated rings. The molecule has 0 unspecified atom stereocenters. The van der Waals surface area contributed by atoms with Crippen LogP contribution in [0.3, 0.4) is 0 Å². The maximum atomic E-state index is 12.7. The molecule has 0 heterocycles. The highest BCUT2D eigenvalue weighted by Crippen LogP contribution is 2.20. The van der Waals surface area contributed by atoms with Crippen molar-refractivity contribution in [3.63, 3.8) is 0 Å². The van der Waals surface area contributed by atoms with Crippen LogP contribution in [0.25, 0.3) is 0 Å². The van der Waals surface area contributed by atoms with Gasteiger partial charge in [0.25, 0.3) is 15.9 Å². The first-order valence-electron chi connectivity index (χ1n) is 9.16. The van der Waals surface area contributed by atoms with Crippen LogP contribution in [0.1, 0.15) is 22.8 Å². The van der Waals surface area contributed by atoms with Gasteiger partial charge in [-0.25, -0.2) is 8.42 Å². The van der Waals surface area contributed by atoms with Crippen molar-refractivity contribution < 1.29 is 17.9 Å². The summed E-state index contributed by atoms with van der Waals surface area (Å²) in [4.78, 5) is 12.4. The Labute approximate surface area is 170 Å². The molecule has 0 atom stereocenters. The van der Waals surface area contributed by atoms with E-state index >= 15 is 0 Å². The zero-order valence-corrected chi connectivity index (χ0v) is 16.8. The molecule has 0 saturated heterocycles. The van der Waals surface area contributed by atoms with Crippen LogP contribution in [-0.4, -0.2) is 20.9 Å². The minimum Gasteiger partial charge on any atom is -0.494 e. The van der Waals surface area contributed by atoms with Gasteiger partial charge in [0.2, 0.25) is 0 Å². The Balaban J connectivity index is 1.70. The zero-order chi connectivity index (χ0) is 20.7. The van der Waals surface area contributed by atoms with Gasteiger partial charge in [0.1, 0.15) is 5.75 Å². The number of hydrogen-bond acceptors (Lipinski definition) is 4. The van der Waals surface area contributed by atoms with E-state index in [1.165, 1.54) is 12.1 Å². The van der Waals surface area contributed by atoms with Crippen molar-refractivity contribution in [3.8, 4) is 5.75 Å². The summed E-state index contributed by atoms with van der Waals surface area (Å²) in [5.74, 6) is 0.319. The van der Waals surface area contributed by atoms with E-state index in [0.29, 0.717) is 24.6 Å². The minimum absolute atomic E-state index is 0.0127. The Hall–Kier alpha value is -3.32. The van der Waals surface area contributed by atoms with Gasteiger partial charge in [0, 0.05) is 17.8 Å². The lowest BCUT2D eigenvalue weighted by Gasteiger charge is -2.11. The van der Waals surface area contributed by atoms with E-state index in [1.54, 1.807) is 36.4 Å². The SMILES string of the molecule is CCOc1ccc(NS(=O)(=O)c2cccc(C(=O)NCc3ccccc3)c2)cc1. The number of benzene rings is 3. The van der Waals surface area contributed by atoms with E-state index < -0.39 is 10.0 Å². The molecule has 3 aromatic rings. The van der Waals surface area contributed by atoms with Gasteiger partial charge < -0.3 is 10.1 Å². The molecule has 0 radical (unpaired) electrons. The molecular formula is C22H22N2O4S. The molecule has 0 spiro atoms. The summed E-state index contributed by atoms with van der Waals surface area (Å²) in [7, 11) is -3.83. The van der Waals surface area contributed by atoms with Crippen molar-refractivity contribution in [2.45, 2.75) is 18.4 Å². The number of rotatable bonds is 8. The number of ether oxygens (including phenoxy) is 1. The summed E-state index contributed by atoms with van der Waals surface area (Å²) in [6.45, 7) is 2.77. The summed E-state index contributed by atoms with van der Waals surface area (Å²) in [5.41, 5.74) is 1.64. The average molecular weight is 410 g/mol. The van der Waals surface area contributed by atoms with Crippen LogP contribution in [-0.2, 0) is 16.6 Å². The van der Waals surface area contributed by atoms with E-state index in [-0.39, 0.29) is 16.4 Å². The number of anilines is 1. The van der Waals surface area contributed by atoms with Gasteiger partial charge >= 0.3 is 0 Å². The third kappa shape index (κ3) is 5.58. The van der Waals surface area contributed by atoms with Crippen molar-refractivity contribution in [1.29, 1.82) is 0 Å². The number of sulfonamides is 1. The first-order valence-corrected chi connectivity index (χ1v) is 10.6. The Morgan fingerprint density at radius 3 is 2.34 bits per heavy atom. The van der Waals surface area contributed by atoms with Crippen LogP contribution < -0.4 is 14.8 Å². The maximum absolute atomic E-state index is 12.7. The van der Waals surface area contributed by atoms with Gasteiger partial charge in [-0.15, -0.1) is 0 Å². The molecule has 150 valence electrons. The normalized spacial score (nSPS) is 10.9. The molecule has 6 nitrogen and oxygen atoms in total. The molecule has 0 aliphatic heterocycles. The fourth-order valence-corrected chi connectivity index (χ4v) is 3.79. The lowest BCUT2D eigenvalue weighted by molar-refractivity contribution is 0.0950. The monoisotopic (exact) mass is 410 g/mol. The summed E-state index contributed by atoms with van der Waals surface area (Å²) in [6.07, 6.45) is 0. The highest BCUT2D eigenvalue weighted by Gasteiger charge is 2.16.